The van der Waals surface area contributed by atoms with Crippen molar-refractivity contribution >= 4 is 23.1 Å². The molecule has 2 N–H and O–H groups in total. The molecule has 1 aromatic heterocycles. The van der Waals surface area contributed by atoms with Crippen LogP contribution < -0.4 is 5.32 Å². The second kappa shape index (κ2) is 6.43. The molecule has 0 aliphatic rings. The van der Waals surface area contributed by atoms with Crippen LogP contribution in [0.5, 0.6) is 0 Å². The van der Waals surface area contributed by atoms with Crippen LogP contribution in [0.4, 0.5) is 4.79 Å². The van der Waals surface area contributed by atoms with Crippen molar-refractivity contribution in [2.24, 2.45) is 0 Å². The van der Waals surface area contributed by atoms with E-state index in [1.165, 1.54) is 0 Å². The number of benzene rings is 1. The molecule has 1 heterocycles. The number of alkyl carbamates (subject to hydrolysis) is 1. The summed E-state index contributed by atoms with van der Waals surface area (Å²) in [4.78, 5) is 11.5. The van der Waals surface area contributed by atoms with Gasteiger partial charge in [-0.2, -0.15) is 5.10 Å². The van der Waals surface area contributed by atoms with Crippen molar-refractivity contribution in [1.29, 1.82) is 0 Å². The molecule has 2 rings (SSSR count). The zero-order valence-electron chi connectivity index (χ0n) is 12.6. The van der Waals surface area contributed by atoms with Gasteiger partial charge < -0.3 is 10.1 Å². The largest absolute Gasteiger partial charge is 0.444 e. The zero-order valence-corrected chi connectivity index (χ0v) is 12.6. The van der Waals surface area contributed by atoms with Crippen molar-refractivity contribution in [2.45, 2.75) is 32.8 Å². The van der Waals surface area contributed by atoms with Crippen molar-refractivity contribution in [3.8, 4) is 0 Å². The van der Waals surface area contributed by atoms with Crippen LogP contribution in [0.1, 0.15) is 32.8 Å². The van der Waals surface area contributed by atoms with Gasteiger partial charge >= 0.3 is 6.09 Å². The molecule has 0 spiro atoms. The Morgan fingerprint density at radius 1 is 1.43 bits per heavy atom. The van der Waals surface area contributed by atoms with E-state index in [0.29, 0.717) is 6.54 Å². The Morgan fingerprint density at radius 2 is 2.24 bits per heavy atom. The summed E-state index contributed by atoms with van der Waals surface area (Å²) in [6.45, 7) is 6.08. The van der Waals surface area contributed by atoms with Crippen LogP contribution in [-0.4, -0.2) is 28.4 Å². The van der Waals surface area contributed by atoms with Gasteiger partial charge in [0, 0.05) is 11.9 Å². The molecule has 0 saturated heterocycles. The van der Waals surface area contributed by atoms with Gasteiger partial charge in [0.1, 0.15) is 5.60 Å². The number of carbonyl (C=O) groups is 1. The fraction of sp³-hybridized carbons (Fsp3) is 0.375. The predicted molar refractivity (Wildman–Crippen MR) is 84.0 cm³/mol. The molecule has 0 aliphatic carbocycles. The molecule has 0 aliphatic heterocycles. The van der Waals surface area contributed by atoms with Gasteiger partial charge in [-0.1, -0.05) is 24.3 Å². The van der Waals surface area contributed by atoms with Crippen LogP contribution in [-0.2, 0) is 4.74 Å². The van der Waals surface area contributed by atoms with Gasteiger partial charge in [-0.15, -0.1) is 0 Å². The van der Waals surface area contributed by atoms with E-state index in [1.54, 1.807) is 0 Å². The first kappa shape index (κ1) is 15.1. The number of hydrogen-bond acceptors (Lipinski definition) is 3. The number of ether oxygens (including phenoxy) is 1. The highest BCUT2D eigenvalue weighted by molar-refractivity contribution is 5.87. The molecule has 21 heavy (non-hydrogen) atoms. The Bertz CT molecular complexity index is 638. The first-order valence-corrected chi connectivity index (χ1v) is 7.01. The van der Waals surface area contributed by atoms with E-state index in [9.17, 15) is 4.79 Å². The molecule has 5 heteroatoms. The average molecular weight is 287 g/mol. The van der Waals surface area contributed by atoms with E-state index in [0.717, 1.165) is 22.9 Å². The zero-order chi connectivity index (χ0) is 15.3. The topological polar surface area (TPSA) is 67.0 Å². The predicted octanol–water partition coefficient (Wildman–Crippen LogP) is 3.49. The Hall–Kier alpha value is -2.30. The molecule has 0 bridgehead atoms. The van der Waals surface area contributed by atoms with E-state index in [1.807, 2.05) is 57.3 Å². The Balaban J connectivity index is 1.81. The Morgan fingerprint density at radius 3 is 3.00 bits per heavy atom. The van der Waals surface area contributed by atoms with Crippen LogP contribution in [0.2, 0.25) is 0 Å². The highest BCUT2D eigenvalue weighted by Crippen LogP contribution is 2.17. The minimum absolute atomic E-state index is 0.382. The lowest BCUT2D eigenvalue weighted by Gasteiger charge is -2.19. The smallest absolute Gasteiger partial charge is 0.407 e. The van der Waals surface area contributed by atoms with Crippen molar-refractivity contribution in [2.75, 3.05) is 6.54 Å². The lowest BCUT2D eigenvalue weighted by molar-refractivity contribution is 0.0529. The molecule has 0 unspecified atom stereocenters. The van der Waals surface area contributed by atoms with Crippen LogP contribution in [0.25, 0.3) is 17.0 Å². The molecule has 0 atom stereocenters. The van der Waals surface area contributed by atoms with Crippen molar-refractivity contribution in [3.05, 3.63) is 36.0 Å². The van der Waals surface area contributed by atoms with Gasteiger partial charge in [0.05, 0.1) is 11.7 Å². The van der Waals surface area contributed by atoms with Gasteiger partial charge in [-0.05, 0) is 38.8 Å². The summed E-state index contributed by atoms with van der Waals surface area (Å²) in [7, 11) is 0. The molecule has 0 saturated carbocycles. The highest BCUT2D eigenvalue weighted by atomic mass is 16.6. The molecule has 0 radical (unpaired) electrons. The van der Waals surface area contributed by atoms with E-state index < -0.39 is 5.60 Å². The van der Waals surface area contributed by atoms with Gasteiger partial charge in [0.2, 0.25) is 0 Å². The fourth-order valence-electron chi connectivity index (χ4n) is 1.92. The van der Waals surface area contributed by atoms with E-state index >= 15 is 0 Å². The summed E-state index contributed by atoms with van der Waals surface area (Å²) in [6.07, 6.45) is 6.24. The summed E-state index contributed by atoms with van der Waals surface area (Å²) in [5.41, 5.74) is 1.67. The summed E-state index contributed by atoms with van der Waals surface area (Å²) < 4.78 is 5.16. The van der Waals surface area contributed by atoms with Crippen LogP contribution >= 0.6 is 0 Å². The summed E-state index contributed by atoms with van der Waals surface area (Å²) in [5.74, 6) is 0. The Labute approximate surface area is 124 Å². The summed E-state index contributed by atoms with van der Waals surface area (Å²) >= 11 is 0. The van der Waals surface area contributed by atoms with Crippen LogP contribution in [0.3, 0.4) is 0 Å². The minimum atomic E-state index is -0.461. The number of fused-ring (bicyclic) bond motifs is 1. The molecule has 1 amide bonds. The molecule has 5 nitrogen and oxygen atoms in total. The summed E-state index contributed by atoms with van der Waals surface area (Å²) in [6, 6.07) is 6.01. The van der Waals surface area contributed by atoms with Gasteiger partial charge in [0.25, 0.3) is 0 Å². The second-order valence-electron chi connectivity index (χ2n) is 5.80. The van der Waals surface area contributed by atoms with E-state index in [4.69, 9.17) is 4.74 Å². The lowest BCUT2D eigenvalue weighted by atomic mass is 10.1. The number of amides is 1. The van der Waals surface area contributed by atoms with Gasteiger partial charge in [0.15, 0.2) is 0 Å². The van der Waals surface area contributed by atoms with Gasteiger partial charge in [-0.3, -0.25) is 5.10 Å². The summed E-state index contributed by atoms with van der Waals surface area (Å²) in [5, 5.41) is 10.8. The Kier molecular flexibility index (Phi) is 4.62. The van der Waals surface area contributed by atoms with Crippen molar-refractivity contribution in [3.63, 3.8) is 0 Å². The number of hydrogen-bond donors (Lipinski definition) is 2. The molecular formula is C16H21N3O2. The fourth-order valence-corrected chi connectivity index (χ4v) is 1.92. The normalized spacial score (nSPS) is 12.0. The molecule has 1 aromatic carbocycles. The van der Waals surface area contributed by atoms with Gasteiger partial charge in [-0.25, -0.2) is 4.79 Å². The number of aromatic amines is 1. The third-order valence-corrected chi connectivity index (χ3v) is 2.80. The molecule has 2 aromatic rings. The SMILES string of the molecule is CC(C)(C)OC(=O)NCCC=Cc1cccc2[nH]ncc12. The second-order valence-corrected chi connectivity index (χ2v) is 5.80. The number of rotatable bonds is 4. The number of carbonyl (C=O) groups excluding carboxylic acids is 1. The van der Waals surface area contributed by atoms with E-state index in [-0.39, 0.29) is 6.09 Å². The first-order valence-electron chi connectivity index (χ1n) is 7.01. The maximum Gasteiger partial charge on any atom is 0.407 e. The number of H-pyrrole nitrogens is 1. The highest BCUT2D eigenvalue weighted by Gasteiger charge is 2.15. The third-order valence-electron chi connectivity index (χ3n) is 2.80. The van der Waals surface area contributed by atoms with E-state index in [2.05, 4.69) is 15.5 Å². The number of nitrogens with one attached hydrogen (secondary N) is 2. The quantitative estimate of drug-likeness (QED) is 0.846. The van der Waals surface area contributed by atoms with Crippen LogP contribution in [0, 0.1) is 0 Å². The maximum atomic E-state index is 11.5. The monoisotopic (exact) mass is 287 g/mol. The standard InChI is InChI=1S/C16H21N3O2/c1-16(2,3)21-15(20)17-10-5-4-7-12-8-6-9-14-13(12)11-18-19-14/h4,6-9,11H,5,10H2,1-3H3,(H,17,20)(H,18,19). The number of aromatic nitrogens is 2. The number of nitrogens with zero attached hydrogens (tertiary/aromatic N) is 1. The maximum absolute atomic E-state index is 11.5. The molecule has 112 valence electrons. The molecule has 0 fully saturated rings. The molecular weight excluding hydrogens is 266 g/mol. The average Bonchev–Trinajstić information content (AvgIpc) is 2.85. The van der Waals surface area contributed by atoms with Crippen molar-refractivity contribution in [1.82, 2.24) is 15.5 Å². The van der Waals surface area contributed by atoms with Crippen LogP contribution in [0.15, 0.2) is 30.5 Å². The van der Waals surface area contributed by atoms with Crippen molar-refractivity contribution < 1.29 is 9.53 Å². The lowest BCUT2D eigenvalue weighted by Crippen LogP contribution is -2.32. The minimum Gasteiger partial charge on any atom is -0.444 e. The first-order chi connectivity index (χ1) is 9.96. The third kappa shape index (κ3) is 4.63.